The number of aromatic nitrogens is 2. The van der Waals surface area contributed by atoms with E-state index in [9.17, 15) is 9.59 Å². The van der Waals surface area contributed by atoms with E-state index in [4.69, 9.17) is 0 Å². The first kappa shape index (κ1) is 18.4. The summed E-state index contributed by atoms with van der Waals surface area (Å²) in [4.78, 5) is 24.5. The highest BCUT2D eigenvalue weighted by Crippen LogP contribution is 2.22. The van der Waals surface area contributed by atoms with E-state index in [1.807, 2.05) is 42.5 Å². The van der Waals surface area contributed by atoms with Crippen LogP contribution in [0.15, 0.2) is 67.0 Å². The Bertz CT molecular complexity index is 938. The van der Waals surface area contributed by atoms with E-state index in [1.165, 1.54) is 6.20 Å². The van der Waals surface area contributed by atoms with Gasteiger partial charge in [0.15, 0.2) is 0 Å². The minimum atomic E-state index is -0.433. The number of para-hydroxylation sites is 1. The molecule has 2 aromatic carbocycles. The van der Waals surface area contributed by atoms with Crippen molar-refractivity contribution in [3.05, 3.63) is 83.7 Å². The molecule has 6 heteroatoms. The molecule has 0 aliphatic carbocycles. The number of hydrogen-bond donors (Lipinski definition) is 2. The Morgan fingerprint density at radius 3 is 2.04 bits per heavy atom. The topological polar surface area (TPSA) is 76.0 Å². The first-order valence-corrected chi connectivity index (χ1v) is 8.66. The van der Waals surface area contributed by atoms with Crippen LogP contribution in [-0.4, -0.2) is 21.6 Å². The average Bonchev–Trinajstić information content (AvgIpc) is 3.16. The van der Waals surface area contributed by atoms with Gasteiger partial charge in [-0.05, 0) is 35.2 Å². The summed E-state index contributed by atoms with van der Waals surface area (Å²) in [6.07, 6.45) is 3.06. The second kappa shape index (κ2) is 7.45. The second-order valence-electron chi connectivity index (χ2n) is 7.24. The number of carbonyl (C=O) groups is 2. The van der Waals surface area contributed by atoms with Crippen LogP contribution in [-0.2, 0) is 5.41 Å². The number of carbonyl (C=O) groups excluding carboxylic acids is 2. The fourth-order valence-corrected chi connectivity index (χ4v) is 2.54. The molecule has 138 valence electrons. The Kier molecular flexibility index (Phi) is 5.07. The standard InChI is InChI=1S/C21H22N4O2/c1-21(2,3)17-11-9-15(10-12-17)19(26)23-24-20(27)16-13-22-25(14-16)18-7-5-4-6-8-18/h4-14H,1-3H3,(H,23,26)(H,24,27). The Hall–Kier alpha value is -3.41. The van der Waals surface area contributed by atoms with Crippen molar-refractivity contribution < 1.29 is 9.59 Å². The molecule has 27 heavy (non-hydrogen) atoms. The molecule has 2 N–H and O–H groups in total. The summed E-state index contributed by atoms with van der Waals surface area (Å²) in [5.41, 5.74) is 7.67. The molecule has 0 bridgehead atoms. The third-order valence-corrected chi connectivity index (χ3v) is 4.17. The lowest BCUT2D eigenvalue weighted by Gasteiger charge is -2.19. The summed E-state index contributed by atoms with van der Waals surface area (Å²) >= 11 is 0. The van der Waals surface area contributed by atoms with Gasteiger partial charge in [-0.2, -0.15) is 5.10 Å². The predicted octanol–water partition coefficient (Wildman–Crippen LogP) is 3.24. The van der Waals surface area contributed by atoms with Gasteiger partial charge in [-0.1, -0.05) is 51.1 Å². The van der Waals surface area contributed by atoms with E-state index in [2.05, 4.69) is 36.7 Å². The van der Waals surface area contributed by atoms with E-state index < -0.39 is 5.91 Å². The van der Waals surface area contributed by atoms with E-state index in [-0.39, 0.29) is 11.3 Å². The Morgan fingerprint density at radius 2 is 1.44 bits per heavy atom. The Morgan fingerprint density at radius 1 is 0.852 bits per heavy atom. The van der Waals surface area contributed by atoms with Crippen LogP contribution in [0, 0.1) is 0 Å². The number of benzene rings is 2. The van der Waals surface area contributed by atoms with Gasteiger partial charge in [-0.15, -0.1) is 0 Å². The van der Waals surface area contributed by atoms with Gasteiger partial charge < -0.3 is 0 Å². The van der Waals surface area contributed by atoms with Crippen molar-refractivity contribution in [2.75, 3.05) is 0 Å². The molecule has 0 spiro atoms. The molecular weight excluding hydrogens is 340 g/mol. The van der Waals surface area contributed by atoms with E-state index in [1.54, 1.807) is 23.0 Å². The molecule has 0 atom stereocenters. The van der Waals surface area contributed by atoms with Crippen LogP contribution < -0.4 is 10.9 Å². The monoisotopic (exact) mass is 362 g/mol. The van der Waals surface area contributed by atoms with Gasteiger partial charge in [0.05, 0.1) is 17.4 Å². The van der Waals surface area contributed by atoms with Gasteiger partial charge in [0, 0.05) is 11.8 Å². The summed E-state index contributed by atoms with van der Waals surface area (Å²) in [6.45, 7) is 6.33. The number of rotatable bonds is 3. The van der Waals surface area contributed by atoms with Crippen LogP contribution in [0.25, 0.3) is 5.69 Å². The van der Waals surface area contributed by atoms with Crippen molar-refractivity contribution in [3.8, 4) is 5.69 Å². The molecule has 0 unspecified atom stereocenters. The summed E-state index contributed by atoms with van der Waals surface area (Å²) in [6, 6.07) is 16.8. The molecule has 1 aromatic heterocycles. The van der Waals surface area contributed by atoms with Crippen LogP contribution in [0.5, 0.6) is 0 Å². The third-order valence-electron chi connectivity index (χ3n) is 4.17. The maximum absolute atomic E-state index is 12.2. The van der Waals surface area contributed by atoms with Crippen molar-refractivity contribution in [2.24, 2.45) is 0 Å². The van der Waals surface area contributed by atoms with E-state index >= 15 is 0 Å². The first-order chi connectivity index (χ1) is 12.8. The zero-order valence-corrected chi connectivity index (χ0v) is 15.6. The minimum Gasteiger partial charge on any atom is -0.267 e. The molecule has 0 saturated heterocycles. The minimum absolute atomic E-state index is 0.0160. The lowest BCUT2D eigenvalue weighted by Crippen LogP contribution is -2.41. The zero-order valence-electron chi connectivity index (χ0n) is 15.6. The first-order valence-electron chi connectivity index (χ1n) is 8.66. The van der Waals surface area contributed by atoms with Crippen molar-refractivity contribution in [1.29, 1.82) is 0 Å². The van der Waals surface area contributed by atoms with Crippen molar-refractivity contribution in [2.45, 2.75) is 26.2 Å². The van der Waals surface area contributed by atoms with Crippen molar-refractivity contribution >= 4 is 11.8 Å². The summed E-state index contributed by atoms with van der Waals surface area (Å²) in [5, 5.41) is 4.17. The van der Waals surface area contributed by atoms with Gasteiger partial charge >= 0.3 is 0 Å². The highest BCUT2D eigenvalue weighted by Gasteiger charge is 2.15. The Balaban J connectivity index is 1.61. The van der Waals surface area contributed by atoms with E-state index in [0.717, 1.165) is 11.3 Å². The molecule has 0 radical (unpaired) electrons. The van der Waals surface area contributed by atoms with E-state index in [0.29, 0.717) is 11.1 Å². The summed E-state index contributed by atoms with van der Waals surface area (Å²) < 4.78 is 1.60. The normalized spacial score (nSPS) is 11.1. The van der Waals surface area contributed by atoms with Gasteiger partial charge in [0.2, 0.25) is 0 Å². The molecule has 0 aliphatic heterocycles. The highest BCUT2D eigenvalue weighted by molar-refractivity contribution is 5.98. The molecule has 3 aromatic rings. The van der Waals surface area contributed by atoms with Crippen LogP contribution >= 0.6 is 0 Å². The number of nitrogens with one attached hydrogen (secondary N) is 2. The van der Waals surface area contributed by atoms with Gasteiger partial charge in [-0.25, -0.2) is 4.68 Å². The average molecular weight is 362 g/mol. The zero-order chi connectivity index (χ0) is 19.4. The van der Waals surface area contributed by atoms with Crippen LogP contribution in [0.3, 0.4) is 0 Å². The van der Waals surface area contributed by atoms with Crippen LogP contribution in [0.4, 0.5) is 0 Å². The largest absolute Gasteiger partial charge is 0.272 e. The fraction of sp³-hybridized carbons (Fsp3) is 0.190. The van der Waals surface area contributed by atoms with Gasteiger partial charge in [0.1, 0.15) is 0 Å². The van der Waals surface area contributed by atoms with Crippen molar-refractivity contribution in [3.63, 3.8) is 0 Å². The maximum Gasteiger partial charge on any atom is 0.272 e. The molecule has 0 aliphatic rings. The van der Waals surface area contributed by atoms with Crippen LogP contribution in [0.2, 0.25) is 0 Å². The highest BCUT2D eigenvalue weighted by atomic mass is 16.2. The Labute approximate surface area is 158 Å². The quantitative estimate of drug-likeness (QED) is 0.702. The molecular formula is C21H22N4O2. The lowest BCUT2D eigenvalue weighted by atomic mass is 9.87. The molecule has 2 amide bonds. The number of hydrogen-bond acceptors (Lipinski definition) is 3. The predicted molar refractivity (Wildman–Crippen MR) is 104 cm³/mol. The lowest BCUT2D eigenvalue weighted by molar-refractivity contribution is 0.0846. The third kappa shape index (κ3) is 4.41. The molecule has 0 fully saturated rings. The second-order valence-corrected chi connectivity index (χ2v) is 7.24. The van der Waals surface area contributed by atoms with Gasteiger partial charge in [0.25, 0.3) is 11.8 Å². The summed E-state index contributed by atoms with van der Waals surface area (Å²) in [7, 11) is 0. The fourth-order valence-electron chi connectivity index (χ4n) is 2.54. The molecule has 1 heterocycles. The van der Waals surface area contributed by atoms with Crippen LogP contribution in [0.1, 0.15) is 47.1 Å². The number of hydrazine groups is 1. The molecule has 3 rings (SSSR count). The van der Waals surface area contributed by atoms with Crippen molar-refractivity contribution in [1.82, 2.24) is 20.6 Å². The molecule has 0 saturated carbocycles. The van der Waals surface area contributed by atoms with Gasteiger partial charge in [-0.3, -0.25) is 20.4 Å². The maximum atomic E-state index is 12.2. The molecule has 6 nitrogen and oxygen atoms in total. The SMILES string of the molecule is CC(C)(C)c1ccc(C(=O)NNC(=O)c2cnn(-c3ccccc3)c2)cc1. The number of amides is 2. The summed E-state index contributed by atoms with van der Waals surface area (Å²) in [5.74, 6) is -0.809. The number of nitrogens with zero attached hydrogens (tertiary/aromatic N) is 2. The smallest absolute Gasteiger partial charge is 0.267 e.